The first-order valence-corrected chi connectivity index (χ1v) is 11.6. The van der Waals surface area contributed by atoms with Crippen LogP contribution in [0, 0.1) is 5.92 Å². The van der Waals surface area contributed by atoms with Crippen LogP contribution in [0.25, 0.3) is 0 Å². The number of fused-ring (bicyclic) bond motifs is 3. The SMILES string of the molecule is CN(C(=O)c1cccc2c1NC(c1ccc(Cl)cc1)C1CC=CC21)C1CCCCC1. The molecule has 2 aromatic rings. The summed E-state index contributed by atoms with van der Waals surface area (Å²) in [6.07, 6.45) is 11.6. The van der Waals surface area contributed by atoms with E-state index in [1.165, 1.54) is 30.4 Å². The maximum atomic E-state index is 13.5. The number of hydrogen-bond acceptors (Lipinski definition) is 2. The number of halogens is 1. The van der Waals surface area contributed by atoms with Crippen molar-refractivity contribution in [1.82, 2.24) is 4.90 Å². The molecule has 3 unspecified atom stereocenters. The highest BCUT2D eigenvalue weighted by molar-refractivity contribution is 6.30. The molecule has 2 aromatic carbocycles. The van der Waals surface area contributed by atoms with Gasteiger partial charge in [-0.1, -0.05) is 67.3 Å². The van der Waals surface area contributed by atoms with Gasteiger partial charge in [-0.25, -0.2) is 0 Å². The van der Waals surface area contributed by atoms with Crippen LogP contribution in [-0.2, 0) is 0 Å². The van der Waals surface area contributed by atoms with Crippen LogP contribution in [0.4, 0.5) is 5.69 Å². The number of nitrogens with one attached hydrogen (secondary N) is 1. The smallest absolute Gasteiger partial charge is 0.255 e. The fourth-order valence-corrected chi connectivity index (χ4v) is 5.75. The van der Waals surface area contributed by atoms with Crippen LogP contribution in [0.2, 0.25) is 5.02 Å². The van der Waals surface area contributed by atoms with Crippen molar-refractivity contribution in [3.63, 3.8) is 0 Å². The Morgan fingerprint density at radius 2 is 1.83 bits per heavy atom. The highest BCUT2D eigenvalue weighted by atomic mass is 35.5. The van der Waals surface area contributed by atoms with Crippen LogP contribution in [0.1, 0.15) is 72.0 Å². The average molecular weight is 421 g/mol. The lowest BCUT2D eigenvalue weighted by Crippen LogP contribution is -2.39. The van der Waals surface area contributed by atoms with Crippen molar-refractivity contribution >= 4 is 23.2 Å². The van der Waals surface area contributed by atoms with Crippen LogP contribution in [0.3, 0.4) is 0 Å². The Balaban J connectivity index is 1.51. The lowest BCUT2D eigenvalue weighted by molar-refractivity contribution is 0.0697. The molecule has 1 amide bonds. The number of amides is 1. The molecule has 2 aliphatic carbocycles. The molecule has 156 valence electrons. The molecule has 1 heterocycles. The highest BCUT2D eigenvalue weighted by Crippen LogP contribution is 2.50. The third-order valence-electron chi connectivity index (χ3n) is 7.30. The van der Waals surface area contributed by atoms with Crippen molar-refractivity contribution in [3.8, 4) is 0 Å². The first-order valence-electron chi connectivity index (χ1n) is 11.2. The lowest BCUT2D eigenvalue weighted by atomic mass is 9.76. The summed E-state index contributed by atoms with van der Waals surface area (Å²) >= 11 is 6.14. The summed E-state index contributed by atoms with van der Waals surface area (Å²) in [6.45, 7) is 0. The number of hydrogen-bond donors (Lipinski definition) is 1. The molecule has 0 radical (unpaired) electrons. The molecular weight excluding hydrogens is 392 g/mol. The summed E-state index contributed by atoms with van der Waals surface area (Å²) < 4.78 is 0. The van der Waals surface area contributed by atoms with E-state index in [1.54, 1.807) is 0 Å². The number of nitrogens with zero attached hydrogens (tertiary/aromatic N) is 1. The molecule has 0 aromatic heterocycles. The number of benzene rings is 2. The summed E-state index contributed by atoms with van der Waals surface area (Å²) in [6, 6.07) is 14.9. The van der Waals surface area contributed by atoms with Crippen LogP contribution < -0.4 is 5.32 Å². The molecule has 0 spiro atoms. The van der Waals surface area contributed by atoms with Crippen LogP contribution in [0.5, 0.6) is 0 Å². The van der Waals surface area contributed by atoms with Crippen LogP contribution in [-0.4, -0.2) is 23.9 Å². The zero-order chi connectivity index (χ0) is 20.7. The molecule has 1 aliphatic heterocycles. The largest absolute Gasteiger partial charge is 0.377 e. The van der Waals surface area contributed by atoms with Crippen molar-refractivity contribution in [3.05, 3.63) is 76.3 Å². The maximum Gasteiger partial charge on any atom is 0.255 e. The van der Waals surface area contributed by atoms with Gasteiger partial charge in [-0.3, -0.25) is 4.79 Å². The summed E-state index contributed by atoms with van der Waals surface area (Å²) in [4.78, 5) is 15.5. The van der Waals surface area contributed by atoms with E-state index < -0.39 is 0 Å². The zero-order valence-corrected chi connectivity index (χ0v) is 18.2. The predicted octanol–water partition coefficient (Wildman–Crippen LogP) is 6.57. The van der Waals surface area contributed by atoms with Crippen molar-refractivity contribution in [2.24, 2.45) is 5.92 Å². The quantitative estimate of drug-likeness (QED) is 0.569. The Kier molecular flexibility index (Phi) is 5.32. The van der Waals surface area contributed by atoms with Gasteiger partial charge < -0.3 is 10.2 Å². The zero-order valence-electron chi connectivity index (χ0n) is 17.5. The first-order chi connectivity index (χ1) is 14.6. The second-order valence-corrected chi connectivity index (χ2v) is 9.44. The Morgan fingerprint density at radius 3 is 2.60 bits per heavy atom. The van der Waals surface area contributed by atoms with Crippen LogP contribution in [0.15, 0.2) is 54.6 Å². The number of carbonyl (C=O) groups is 1. The van der Waals surface area contributed by atoms with Crippen molar-refractivity contribution in [1.29, 1.82) is 0 Å². The number of para-hydroxylation sites is 1. The second kappa shape index (κ2) is 8.11. The normalized spacial score (nSPS) is 25.3. The average Bonchev–Trinajstić information content (AvgIpc) is 3.29. The maximum absolute atomic E-state index is 13.5. The van der Waals surface area contributed by atoms with Gasteiger partial charge in [0.05, 0.1) is 17.3 Å². The van der Waals surface area contributed by atoms with Crippen molar-refractivity contribution < 1.29 is 4.79 Å². The molecule has 30 heavy (non-hydrogen) atoms. The minimum Gasteiger partial charge on any atom is -0.377 e. The molecule has 0 bridgehead atoms. The molecular formula is C26H29ClN2O. The fraction of sp³-hybridized carbons (Fsp3) is 0.423. The van der Waals surface area contributed by atoms with Gasteiger partial charge in [0.15, 0.2) is 0 Å². The summed E-state index contributed by atoms with van der Waals surface area (Å²) in [7, 11) is 1.98. The number of carbonyl (C=O) groups excluding carboxylic acids is 1. The molecule has 1 saturated carbocycles. The van der Waals surface area contributed by atoms with Crippen LogP contribution >= 0.6 is 11.6 Å². The Morgan fingerprint density at radius 1 is 1.07 bits per heavy atom. The van der Waals surface area contributed by atoms with E-state index in [2.05, 4.69) is 35.7 Å². The molecule has 5 rings (SSSR count). The first kappa shape index (κ1) is 19.7. The molecule has 4 heteroatoms. The monoisotopic (exact) mass is 420 g/mol. The number of anilines is 1. The fourth-order valence-electron chi connectivity index (χ4n) is 5.62. The highest BCUT2D eigenvalue weighted by Gasteiger charge is 2.39. The van der Waals surface area contributed by atoms with E-state index in [-0.39, 0.29) is 11.9 Å². The molecule has 1 fully saturated rings. The van der Waals surface area contributed by atoms with E-state index in [1.807, 2.05) is 36.2 Å². The second-order valence-electron chi connectivity index (χ2n) is 9.00. The number of rotatable bonds is 3. The third-order valence-corrected chi connectivity index (χ3v) is 7.55. The van der Waals surface area contributed by atoms with Gasteiger partial charge in [0.2, 0.25) is 0 Å². The van der Waals surface area contributed by atoms with E-state index in [0.29, 0.717) is 17.9 Å². The van der Waals surface area contributed by atoms with Gasteiger partial charge >= 0.3 is 0 Å². The van der Waals surface area contributed by atoms with Gasteiger partial charge in [0, 0.05) is 24.0 Å². The molecule has 0 saturated heterocycles. The molecule has 3 atom stereocenters. The summed E-state index contributed by atoms with van der Waals surface area (Å²) in [5, 5.41) is 4.53. The minimum absolute atomic E-state index is 0.140. The van der Waals surface area contributed by atoms with E-state index in [9.17, 15) is 4.79 Å². The summed E-state index contributed by atoms with van der Waals surface area (Å²) in [5.41, 5.74) is 4.30. The molecule has 3 aliphatic rings. The van der Waals surface area contributed by atoms with Gasteiger partial charge in [-0.05, 0) is 54.5 Å². The Labute approximate surface area is 184 Å². The van der Waals surface area contributed by atoms with Gasteiger partial charge in [0.1, 0.15) is 0 Å². The number of allylic oxidation sites excluding steroid dienone is 2. The third kappa shape index (κ3) is 3.43. The van der Waals surface area contributed by atoms with Gasteiger partial charge in [-0.15, -0.1) is 0 Å². The summed E-state index contributed by atoms with van der Waals surface area (Å²) in [5.74, 6) is 0.941. The Hall–Kier alpha value is -2.26. The van der Waals surface area contributed by atoms with Crippen molar-refractivity contribution in [2.45, 2.75) is 56.5 Å². The molecule has 3 nitrogen and oxygen atoms in total. The van der Waals surface area contributed by atoms with E-state index in [0.717, 1.165) is 35.5 Å². The van der Waals surface area contributed by atoms with Crippen molar-refractivity contribution in [2.75, 3.05) is 12.4 Å². The topological polar surface area (TPSA) is 32.3 Å². The van der Waals surface area contributed by atoms with E-state index >= 15 is 0 Å². The standard InChI is InChI=1S/C26H29ClN2O/c1-29(19-7-3-2-4-8-19)26(30)23-12-6-11-22-20-9-5-10-21(20)24(28-25(22)23)17-13-15-18(27)16-14-17/h5-6,9,11-16,19-21,24,28H,2-4,7-8,10H2,1H3. The minimum atomic E-state index is 0.140. The van der Waals surface area contributed by atoms with Gasteiger partial charge in [0.25, 0.3) is 5.91 Å². The van der Waals surface area contributed by atoms with E-state index in [4.69, 9.17) is 11.6 Å². The lowest BCUT2D eigenvalue weighted by Gasteiger charge is -2.39. The predicted molar refractivity (Wildman–Crippen MR) is 123 cm³/mol. The Bertz CT molecular complexity index is 961. The van der Waals surface area contributed by atoms with Gasteiger partial charge in [-0.2, -0.15) is 0 Å². The molecule has 1 N–H and O–H groups in total.